The fourth-order valence-electron chi connectivity index (χ4n) is 4.00. The average molecular weight is 368 g/mol. The van der Waals surface area contributed by atoms with Gasteiger partial charge in [0, 0.05) is 11.6 Å². The minimum absolute atomic E-state index is 0.0528. The molecule has 6 heteroatoms. The van der Waals surface area contributed by atoms with Gasteiger partial charge in [-0.1, -0.05) is 42.5 Å². The normalized spacial score (nSPS) is 14.5. The van der Waals surface area contributed by atoms with Gasteiger partial charge in [-0.2, -0.15) is 5.26 Å². The summed E-state index contributed by atoms with van der Waals surface area (Å²) < 4.78 is 14.0. The maximum atomic E-state index is 14.0. The summed E-state index contributed by atoms with van der Waals surface area (Å²) in [7, 11) is 0. The molecule has 28 heavy (non-hydrogen) atoms. The van der Waals surface area contributed by atoms with Gasteiger partial charge in [0.25, 0.3) is 0 Å². The molecule has 0 unspecified atom stereocenters. The van der Waals surface area contributed by atoms with Gasteiger partial charge in [0.2, 0.25) is 5.91 Å². The van der Waals surface area contributed by atoms with Crippen LogP contribution in [0.2, 0.25) is 0 Å². The molecule has 134 valence electrons. The fraction of sp³-hybridized carbons (Fsp3) is 0.0455. The molecule has 5 nitrogen and oxygen atoms in total. The number of nitrogens with two attached hydrogens (primary N) is 1. The number of H-pyrrole nitrogens is 1. The molecule has 1 aliphatic rings. The number of rotatable bonds is 2. The molecule has 1 atom stereocenters. The van der Waals surface area contributed by atoms with Crippen LogP contribution in [-0.2, 0) is 4.79 Å². The SMILES string of the molecule is N#Cc1cc2nc(-c3cccc4c3-c3ccccc3[C@H]4C(N)=O)[nH]c2cc1F. The molecule has 5 rings (SSSR count). The number of halogens is 1. The third-order valence-electron chi connectivity index (χ3n) is 5.18. The van der Waals surface area contributed by atoms with E-state index < -0.39 is 17.6 Å². The number of primary amides is 1. The topological polar surface area (TPSA) is 95.6 Å². The molecule has 0 bridgehead atoms. The molecule has 0 spiro atoms. The Balaban J connectivity index is 1.78. The predicted octanol–water partition coefficient (Wildman–Crippen LogP) is 3.84. The molecule has 0 aliphatic heterocycles. The van der Waals surface area contributed by atoms with Crippen molar-refractivity contribution >= 4 is 16.9 Å². The molecule has 4 aromatic rings. The van der Waals surface area contributed by atoms with Crippen LogP contribution < -0.4 is 5.73 Å². The van der Waals surface area contributed by atoms with Gasteiger partial charge in [-0.05, 0) is 28.3 Å². The van der Waals surface area contributed by atoms with E-state index in [1.165, 1.54) is 12.1 Å². The van der Waals surface area contributed by atoms with E-state index in [0.29, 0.717) is 16.9 Å². The Hall–Kier alpha value is -3.98. The number of nitrogens with one attached hydrogen (secondary N) is 1. The van der Waals surface area contributed by atoms with Gasteiger partial charge in [0.1, 0.15) is 17.7 Å². The molecule has 0 fully saturated rings. The van der Waals surface area contributed by atoms with E-state index in [4.69, 9.17) is 11.0 Å². The number of imidazole rings is 1. The summed E-state index contributed by atoms with van der Waals surface area (Å²) in [6.45, 7) is 0. The van der Waals surface area contributed by atoms with Crippen LogP contribution in [0.5, 0.6) is 0 Å². The number of nitriles is 1. The number of benzene rings is 3. The summed E-state index contributed by atoms with van der Waals surface area (Å²) in [5.41, 5.74) is 11.0. The highest BCUT2D eigenvalue weighted by Crippen LogP contribution is 2.48. The summed E-state index contributed by atoms with van der Waals surface area (Å²) in [6.07, 6.45) is 0. The zero-order valence-electron chi connectivity index (χ0n) is 14.5. The summed E-state index contributed by atoms with van der Waals surface area (Å²) in [5.74, 6) is -0.976. The Kier molecular flexibility index (Phi) is 3.34. The van der Waals surface area contributed by atoms with E-state index in [1.54, 1.807) is 0 Å². The van der Waals surface area contributed by atoms with Crippen molar-refractivity contribution in [3.63, 3.8) is 0 Å². The van der Waals surface area contributed by atoms with Gasteiger partial charge in [0.15, 0.2) is 0 Å². The van der Waals surface area contributed by atoms with Crippen molar-refractivity contribution in [2.75, 3.05) is 0 Å². The van der Waals surface area contributed by atoms with Gasteiger partial charge >= 0.3 is 0 Å². The molecule has 0 saturated heterocycles. The minimum Gasteiger partial charge on any atom is -0.369 e. The van der Waals surface area contributed by atoms with Gasteiger partial charge in [-0.25, -0.2) is 9.37 Å². The number of aromatic amines is 1. The Morgan fingerprint density at radius 3 is 2.64 bits per heavy atom. The second-order valence-corrected chi connectivity index (χ2v) is 6.74. The van der Waals surface area contributed by atoms with Crippen LogP contribution in [0, 0.1) is 17.1 Å². The van der Waals surface area contributed by atoms with Gasteiger partial charge in [0.05, 0.1) is 22.5 Å². The number of aromatic nitrogens is 2. The lowest BCUT2D eigenvalue weighted by Gasteiger charge is -2.09. The molecular formula is C22H13FN4O. The van der Waals surface area contributed by atoms with Crippen molar-refractivity contribution in [3.05, 3.63) is 77.1 Å². The number of hydrogen-bond donors (Lipinski definition) is 2. The fourth-order valence-corrected chi connectivity index (χ4v) is 4.00. The molecule has 1 aromatic heterocycles. The monoisotopic (exact) mass is 368 g/mol. The van der Waals surface area contributed by atoms with Gasteiger partial charge in [-0.15, -0.1) is 0 Å². The molecular weight excluding hydrogens is 355 g/mol. The zero-order chi connectivity index (χ0) is 19.4. The van der Waals surface area contributed by atoms with Crippen LogP contribution in [0.4, 0.5) is 4.39 Å². The van der Waals surface area contributed by atoms with Crippen LogP contribution in [0.15, 0.2) is 54.6 Å². The molecule has 1 amide bonds. The van der Waals surface area contributed by atoms with E-state index in [-0.39, 0.29) is 5.56 Å². The lowest BCUT2D eigenvalue weighted by molar-refractivity contribution is -0.118. The first-order valence-electron chi connectivity index (χ1n) is 8.69. The van der Waals surface area contributed by atoms with E-state index in [9.17, 15) is 9.18 Å². The highest BCUT2D eigenvalue weighted by Gasteiger charge is 2.34. The standard InChI is InChI=1S/C22H13FN4O/c23-16-9-18-17(8-11(16)10-24)26-22(27-18)15-7-3-6-14-19(15)12-4-1-2-5-13(12)20(14)21(25)28/h1-9,20H,(H2,25,28)(H,26,27)/t20-/m1/s1. The number of nitrogens with zero attached hydrogens (tertiary/aromatic N) is 2. The summed E-state index contributed by atoms with van der Waals surface area (Å²) in [5, 5.41) is 9.05. The van der Waals surface area contributed by atoms with Crippen molar-refractivity contribution in [2.45, 2.75) is 5.92 Å². The Bertz CT molecular complexity index is 1330. The molecule has 3 N–H and O–H groups in total. The maximum Gasteiger partial charge on any atom is 0.229 e. The van der Waals surface area contributed by atoms with Gasteiger partial charge < -0.3 is 10.7 Å². The Morgan fingerprint density at radius 1 is 1.11 bits per heavy atom. The van der Waals surface area contributed by atoms with E-state index in [2.05, 4.69) is 9.97 Å². The minimum atomic E-state index is -0.595. The van der Waals surface area contributed by atoms with E-state index in [1.807, 2.05) is 48.5 Å². The Morgan fingerprint density at radius 2 is 1.86 bits per heavy atom. The number of hydrogen-bond acceptors (Lipinski definition) is 3. The summed E-state index contributed by atoms with van der Waals surface area (Å²) in [4.78, 5) is 19.8. The first kappa shape index (κ1) is 16.2. The van der Waals surface area contributed by atoms with E-state index >= 15 is 0 Å². The highest BCUT2D eigenvalue weighted by atomic mass is 19.1. The largest absolute Gasteiger partial charge is 0.369 e. The molecule has 1 heterocycles. The second-order valence-electron chi connectivity index (χ2n) is 6.74. The molecule has 1 aliphatic carbocycles. The smallest absolute Gasteiger partial charge is 0.229 e. The lowest BCUT2D eigenvalue weighted by atomic mass is 9.95. The van der Waals surface area contributed by atoms with Crippen LogP contribution in [-0.4, -0.2) is 15.9 Å². The maximum absolute atomic E-state index is 14.0. The average Bonchev–Trinajstić information content (AvgIpc) is 3.25. The number of fused-ring (bicyclic) bond motifs is 4. The first-order chi connectivity index (χ1) is 13.6. The second kappa shape index (κ2) is 5.76. The van der Waals surface area contributed by atoms with Crippen LogP contribution in [0.1, 0.15) is 22.6 Å². The van der Waals surface area contributed by atoms with Crippen molar-refractivity contribution in [1.29, 1.82) is 5.26 Å². The van der Waals surface area contributed by atoms with Crippen molar-refractivity contribution in [1.82, 2.24) is 9.97 Å². The summed E-state index contributed by atoms with van der Waals surface area (Å²) in [6, 6.07) is 17.8. The number of carbonyl (C=O) groups is 1. The third kappa shape index (κ3) is 2.17. The van der Waals surface area contributed by atoms with Crippen LogP contribution in [0.3, 0.4) is 0 Å². The molecule has 3 aromatic carbocycles. The quantitative estimate of drug-likeness (QED) is 0.563. The first-order valence-corrected chi connectivity index (χ1v) is 8.69. The van der Waals surface area contributed by atoms with Gasteiger partial charge in [-0.3, -0.25) is 4.79 Å². The van der Waals surface area contributed by atoms with Crippen molar-refractivity contribution in [3.8, 4) is 28.6 Å². The molecule has 0 radical (unpaired) electrons. The molecule has 0 saturated carbocycles. The lowest BCUT2D eigenvalue weighted by Crippen LogP contribution is -2.20. The van der Waals surface area contributed by atoms with Crippen molar-refractivity contribution in [2.24, 2.45) is 5.73 Å². The third-order valence-corrected chi connectivity index (χ3v) is 5.18. The number of amides is 1. The van der Waals surface area contributed by atoms with Crippen LogP contribution >= 0.6 is 0 Å². The van der Waals surface area contributed by atoms with Crippen molar-refractivity contribution < 1.29 is 9.18 Å². The number of carbonyl (C=O) groups excluding carboxylic acids is 1. The zero-order valence-corrected chi connectivity index (χ0v) is 14.5. The predicted molar refractivity (Wildman–Crippen MR) is 103 cm³/mol. The van der Waals surface area contributed by atoms with Crippen LogP contribution in [0.25, 0.3) is 33.5 Å². The Labute approximate surface area is 159 Å². The highest BCUT2D eigenvalue weighted by molar-refractivity contribution is 6.00. The summed E-state index contributed by atoms with van der Waals surface area (Å²) >= 11 is 0. The van der Waals surface area contributed by atoms with E-state index in [0.717, 1.165) is 27.8 Å².